The van der Waals surface area contributed by atoms with Crippen LogP contribution in [0.2, 0.25) is 0 Å². The Morgan fingerprint density at radius 2 is 1.89 bits per heavy atom. The molecular formula is C18H15FN6OS. The predicted molar refractivity (Wildman–Crippen MR) is 98.2 cm³/mol. The summed E-state index contributed by atoms with van der Waals surface area (Å²) in [5.74, 6) is 1.32. The van der Waals surface area contributed by atoms with Crippen molar-refractivity contribution in [2.24, 2.45) is 7.05 Å². The molecule has 0 saturated carbocycles. The van der Waals surface area contributed by atoms with Gasteiger partial charge in [-0.25, -0.2) is 4.39 Å². The molecule has 3 aromatic heterocycles. The molecule has 0 saturated heterocycles. The highest BCUT2D eigenvalue weighted by atomic mass is 32.2. The van der Waals surface area contributed by atoms with Crippen molar-refractivity contribution in [3.05, 3.63) is 60.0 Å². The fraction of sp³-hybridized carbons (Fsp3) is 0.167. The second-order valence-corrected chi connectivity index (χ2v) is 6.82. The molecule has 0 aliphatic carbocycles. The average molecular weight is 382 g/mol. The van der Waals surface area contributed by atoms with Crippen molar-refractivity contribution >= 4 is 11.8 Å². The molecular weight excluding hydrogens is 367 g/mol. The van der Waals surface area contributed by atoms with Gasteiger partial charge >= 0.3 is 0 Å². The molecule has 0 fully saturated rings. The second kappa shape index (κ2) is 7.28. The predicted octanol–water partition coefficient (Wildman–Crippen LogP) is 3.67. The number of hydrogen-bond acceptors (Lipinski definition) is 7. The van der Waals surface area contributed by atoms with Crippen molar-refractivity contribution in [1.82, 2.24) is 29.9 Å². The van der Waals surface area contributed by atoms with E-state index in [1.54, 1.807) is 24.5 Å². The highest BCUT2D eigenvalue weighted by Gasteiger charge is 2.16. The first kappa shape index (κ1) is 17.3. The van der Waals surface area contributed by atoms with Gasteiger partial charge in [0.25, 0.3) is 5.89 Å². The molecule has 0 atom stereocenters. The molecule has 27 heavy (non-hydrogen) atoms. The van der Waals surface area contributed by atoms with Gasteiger partial charge in [-0.05, 0) is 31.2 Å². The van der Waals surface area contributed by atoms with E-state index in [4.69, 9.17) is 4.42 Å². The molecule has 0 aliphatic rings. The fourth-order valence-electron chi connectivity index (χ4n) is 2.54. The van der Waals surface area contributed by atoms with Crippen LogP contribution < -0.4 is 0 Å². The highest BCUT2D eigenvalue weighted by Crippen LogP contribution is 2.27. The van der Waals surface area contributed by atoms with Crippen LogP contribution in [-0.2, 0) is 12.8 Å². The molecule has 0 aliphatic heterocycles. The lowest BCUT2D eigenvalue weighted by Gasteiger charge is -2.02. The SMILES string of the molecule is Cc1ccc(F)c(-c2nnc(CSc3nnc(-c4ccncc4)n3C)o2)c1. The minimum Gasteiger partial charge on any atom is -0.420 e. The number of aromatic nitrogens is 6. The van der Waals surface area contributed by atoms with E-state index in [2.05, 4.69) is 25.4 Å². The molecule has 3 heterocycles. The van der Waals surface area contributed by atoms with Crippen LogP contribution in [0.4, 0.5) is 4.39 Å². The third-order valence-electron chi connectivity index (χ3n) is 3.92. The van der Waals surface area contributed by atoms with Crippen LogP contribution in [0.25, 0.3) is 22.8 Å². The number of thioether (sulfide) groups is 1. The number of nitrogens with zero attached hydrogens (tertiary/aromatic N) is 6. The molecule has 0 N–H and O–H groups in total. The maximum atomic E-state index is 14.0. The Labute approximate surface area is 158 Å². The number of aryl methyl sites for hydroxylation is 1. The summed E-state index contributed by atoms with van der Waals surface area (Å²) in [5.41, 5.74) is 2.16. The summed E-state index contributed by atoms with van der Waals surface area (Å²) in [7, 11) is 1.89. The Hall–Kier alpha value is -3.07. The third kappa shape index (κ3) is 3.59. The van der Waals surface area contributed by atoms with Crippen LogP contribution in [-0.4, -0.2) is 29.9 Å². The average Bonchev–Trinajstić information content (AvgIpc) is 3.29. The Morgan fingerprint density at radius 1 is 1.07 bits per heavy atom. The van der Waals surface area contributed by atoms with E-state index in [1.165, 1.54) is 17.8 Å². The minimum absolute atomic E-state index is 0.169. The largest absolute Gasteiger partial charge is 0.420 e. The molecule has 7 nitrogen and oxygen atoms in total. The Bertz CT molecular complexity index is 1080. The summed E-state index contributed by atoms with van der Waals surface area (Å²) < 4.78 is 21.5. The van der Waals surface area contributed by atoms with Crippen LogP contribution in [0.3, 0.4) is 0 Å². The molecule has 1 aromatic carbocycles. The summed E-state index contributed by atoms with van der Waals surface area (Å²) in [5, 5.41) is 17.1. The summed E-state index contributed by atoms with van der Waals surface area (Å²) in [6, 6.07) is 8.52. The van der Waals surface area contributed by atoms with E-state index < -0.39 is 5.82 Å². The van der Waals surface area contributed by atoms with E-state index in [0.717, 1.165) is 17.0 Å². The van der Waals surface area contributed by atoms with Gasteiger partial charge < -0.3 is 8.98 Å². The summed E-state index contributed by atoms with van der Waals surface area (Å²) in [6.45, 7) is 1.88. The maximum Gasteiger partial charge on any atom is 0.250 e. The molecule has 0 spiro atoms. The number of hydrogen-bond donors (Lipinski definition) is 0. The van der Waals surface area contributed by atoms with Crippen molar-refractivity contribution in [2.75, 3.05) is 0 Å². The van der Waals surface area contributed by atoms with Crippen LogP contribution in [0.5, 0.6) is 0 Å². The van der Waals surface area contributed by atoms with Crippen molar-refractivity contribution in [1.29, 1.82) is 0 Å². The lowest BCUT2D eigenvalue weighted by atomic mass is 10.1. The van der Waals surface area contributed by atoms with E-state index >= 15 is 0 Å². The second-order valence-electron chi connectivity index (χ2n) is 5.87. The lowest BCUT2D eigenvalue weighted by molar-refractivity contribution is 0.522. The fourth-order valence-corrected chi connectivity index (χ4v) is 3.29. The maximum absolute atomic E-state index is 14.0. The van der Waals surface area contributed by atoms with Gasteiger partial charge in [0.15, 0.2) is 11.0 Å². The zero-order chi connectivity index (χ0) is 18.8. The molecule has 0 amide bonds. The molecule has 0 radical (unpaired) electrons. The van der Waals surface area contributed by atoms with Crippen LogP contribution in [0, 0.1) is 12.7 Å². The van der Waals surface area contributed by atoms with Gasteiger partial charge in [0.05, 0.1) is 11.3 Å². The first-order valence-electron chi connectivity index (χ1n) is 8.13. The standard InChI is InChI=1S/C18H15FN6OS/c1-11-3-4-14(19)13(9-11)17-23-21-15(26-17)10-27-18-24-22-16(25(18)2)12-5-7-20-8-6-12/h3-9H,10H2,1-2H3. The van der Waals surface area contributed by atoms with Crippen LogP contribution in [0.15, 0.2) is 52.3 Å². The van der Waals surface area contributed by atoms with E-state index in [-0.39, 0.29) is 5.89 Å². The molecule has 0 unspecified atom stereocenters. The first-order valence-corrected chi connectivity index (χ1v) is 9.12. The van der Waals surface area contributed by atoms with Gasteiger partial charge in [-0.1, -0.05) is 23.4 Å². The van der Waals surface area contributed by atoms with Gasteiger partial charge in [0.2, 0.25) is 5.89 Å². The van der Waals surface area contributed by atoms with Crippen molar-refractivity contribution in [2.45, 2.75) is 17.8 Å². The van der Waals surface area contributed by atoms with Crippen molar-refractivity contribution in [3.8, 4) is 22.8 Å². The molecule has 9 heteroatoms. The van der Waals surface area contributed by atoms with Crippen molar-refractivity contribution in [3.63, 3.8) is 0 Å². The first-order chi connectivity index (χ1) is 13.1. The van der Waals surface area contributed by atoms with Crippen molar-refractivity contribution < 1.29 is 8.81 Å². The zero-order valence-electron chi connectivity index (χ0n) is 14.6. The normalized spacial score (nSPS) is 11.1. The summed E-state index contributed by atoms with van der Waals surface area (Å²) in [4.78, 5) is 4.01. The quantitative estimate of drug-likeness (QED) is 0.487. The number of benzene rings is 1. The number of halogens is 1. The van der Waals surface area contributed by atoms with E-state index in [0.29, 0.717) is 22.4 Å². The van der Waals surface area contributed by atoms with Gasteiger partial charge in [0.1, 0.15) is 5.82 Å². The van der Waals surface area contributed by atoms with E-state index in [9.17, 15) is 4.39 Å². The number of pyridine rings is 1. The molecule has 0 bridgehead atoms. The Kier molecular flexibility index (Phi) is 4.68. The van der Waals surface area contributed by atoms with Gasteiger partial charge in [0, 0.05) is 25.0 Å². The molecule has 136 valence electrons. The highest BCUT2D eigenvalue weighted by molar-refractivity contribution is 7.98. The summed E-state index contributed by atoms with van der Waals surface area (Å²) in [6.07, 6.45) is 3.42. The molecule has 4 aromatic rings. The minimum atomic E-state index is -0.390. The Balaban J connectivity index is 1.50. The van der Waals surface area contributed by atoms with Crippen LogP contribution in [0.1, 0.15) is 11.5 Å². The van der Waals surface area contributed by atoms with Gasteiger partial charge in [-0.2, -0.15) is 0 Å². The van der Waals surface area contributed by atoms with Crippen LogP contribution >= 0.6 is 11.8 Å². The Morgan fingerprint density at radius 3 is 2.70 bits per heavy atom. The molecule has 4 rings (SSSR count). The van der Waals surface area contributed by atoms with E-state index in [1.807, 2.05) is 30.7 Å². The lowest BCUT2D eigenvalue weighted by Crippen LogP contribution is -1.95. The van der Waals surface area contributed by atoms with Gasteiger partial charge in [-0.15, -0.1) is 20.4 Å². The third-order valence-corrected chi connectivity index (χ3v) is 4.92. The smallest absolute Gasteiger partial charge is 0.250 e. The zero-order valence-corrected chi connectivity index (χ0v) is 15.4. The summed E-state index contributed by atoms with van der Waals surface area (Å²) >= 11 is 1.42. The van der Waals surface area contributed by atoms with Gasteiger partial charge in [-0.3, -0.25) is 4.98 Å². The number of rotatable bonds is 5. The topological polar surface area (TPSA) is 82.5 Å². The monoisotopic (exact) mass is 382 g/mol.